The van der Waals surface area contributed by atoms with Crippen molar-refractivity contribution in [2.45, 2.75) is 6.42 Å². The van der Waals surface area contributed by atoms with Gasteiger partial charge in [-0.1, -0.05) is 60.4 Å². The average molecular weight is 487 g/mol. The Labute approximate surface area is 200 Å². The van der Waals surface area contributed by atoms with Gasteiger partial charge in [0.25, 0.3) is 5.91 Å². The summed E-state index contributed by atoms with van der Waals surface area (Å²) in [6.07, 6.45) is 2.73. The summed E-state index contributed by atoms with van der Waals surface area (Å²) in [6, 6.07) is 15.7. The predicted molar refractivity (Wildman–Crippen MR) is 133 cm³/mol. The molecule has 166 valence electrons. The van der Waals surface area contributed by atoms with Gasteiger partial charge in [0.2, 0.25) is 12.7 Å². The van der Waals surface area contributed by atoms with Crippen molar-refractivity contribution in [2.24, 2.45) is 0 Å². The molecule has 0 bridgehead atoms. The summed E-state index contributed by atoms with van der Waals surface area (Å²) in [5, 5.41) is 2.87. The van der Waals surface area contributed by atoms with Crippen LogP contribution in [-0.4, -0.2) is 52.4 Å². The Balaban J connectivity index is 1.20. The van der Waals surface area contributed by atoms with Crippen LogP contribution < -0.4 is 14.8 Å². The quantitative estimate of drug-likeness (QED) is 0.329. The van der Waals surface area contributed by atoms with E-state index in [1.165, 1.54) is 22.2 Å². The van der Waals surface area contributed by atoms with Crippen molar-refractivity contribution < 1.29 is 19.1 Å². The van der Waals surface area contributed by atoms with E-state index in [0.29, 0.717) is 39.6 Å². The summed E-state index contributed by atoms with van der Waals surface area (Å²) < 4.78 is 11.2. The van der Waals surface area contributed by atoms with Gasteiger partial charge in [0.05, 0.1) is 10.7 Å². The fraction of sp³-hybridized carbons (Fsp3) is 0.261. The number of hydrogen-bond donors (Lipinski definition) is 1. The number of amides is 2. The molecule has 2 amide bonds. The Kier molecular flexibility index (Phi) is 7.72. The number of rotatable bonds is 9. The summed E-state index contributed by atoms with van der Waals surface area (Å²) in [5.74, 6) is 2.46. The molecule has 2 aromatic rings. The minimum atomic E-state index is -0.149. The van der Waals surface area contributed by atoms with Gasteiger partial charge in [-0.05, 0) is 41.5 Å². The number of thioether (sulfide) groups is 2. The van der Waals surface area contributed by atoms with Crippen molar-refractivity contribution in [2.75, 3.05) is 31.4 Å². The summed E-state index contributed by atoms with van der Waals surface area (Å²) in [5.41, 5.74) is 2.11. The molecule has 0 aliphatic carbocycles. The Bertz CT molecular complexity index is 1040. The maximum absolute atomic E-state index is 12.8. The second-order valence-corrected chi connectivity index (χ2v) is 9.87. The summed E-state index contributed by atoms with van der Waals surface area (Å²) >= 11 is 8.23. The highest BCUT2D eigenvalue weighted by Gasteiger charge is 2.31. The maximum Gasteiger partial charge on any atom is 0.266 e. The number of fused-ring (bicyclic) bond motifs is 1. The first-order valence-electron chi connectivity index (χ1n) is 10.1. The summed E-state index contributed by atoms with van der Waals surface area (Å²) in [7, 11) is 0. The molecule has 0 atom stereocenters. The van der Waals surface area contributed by atoms with Gasteiger partial charge in [-0.25, -0.2) is 0 Å². The molecule has 0 unspecified atom stereocenters. The minimum Gasteiger partial charge on any atom is -0.454 e. The average Bonchev–Trinajstić information content (AvgIpc) is 3.37. The van der Waals surface area contributed by atoms with Crippen LogP contribution in [0, 0.1) is 0 Å². The summed E-state index contributed by atoms with van der Waals surface area (Å²) in [6.45, 7) is 0.920. The van der Waals surface area contributed by atoms with E-state index in [1.807, 2.05) is 36.4 Å². The normalized spacial score (nSPS) is 16.1. The van der Waals surface area contributed by atoms with Gasteiger partial charge in [-0.15, -0.1) is 0 Å². The number of nitrogens with one attached hydrogen (secondary N) is 1. The molecule has 0 saturated carbocycles. The van der Waals surface area contributed by atoms with Crippen molar-refractivity contribution in [1.82, 2.24) is 10.2 Å². The van der Waals surface area contributed by atoms with Crippen LogP contribution in [0.15, 0.2) is 53.4 Å². The highest BCUT2D eigenvalue weighted by molar-refractivity contribution is 8.26. The van der Waals surface area contributed by atoms with Gasteiger partial charge in [-0.2, -0.15) is 11.8 Å². The zero-order chi connectivity index (χ0) is 22.3. The van der Waals surface area contributed by atoms with E-state index in [1.54, 1.807) is 17.8 Å². The molecule has 0 aromatic heterocycles. The van der Waals surface area contributed by atoms with E-state index in [4.69, 9.17) is 21.7 Å². The van der Waals surface area contributed by atoms with E-state index >= 15 is 0 Å². The van der Waals surface area contributed by atoms with Crippen molar-refractivity contribution in [1.29, 1.82) is 0 Å². The molecular weight excluding hydrogens is 464 g/mol. The number of benzene rings is 2. The number of carbonyl (C=O) groups is 2. The largest absolute Gasteiger partial charge is 0.454 e. The lowest BCUT2D eigenvalue weighted by Crippen LogP contribution is -2.37. The van der Waals surface area contributed by atoms with Crippen LogP contribution in [0.4, 0.5) is 0 Å². The molecule has 1 saturated heterocycles. The Hall–Kier alpha value is -2.49. The van der Waals surface area contributed by atoms with Crippen LogP contribution in [0.5, 0.6) is 11.5 Å². The molecule has 2 aromatic carbocycles. The first-order valence-corrected chi connectivity index (χ1v) is 12.5. The molecule has 6 nitrogen and oxygen atoms in total. The predicted octanol–water partition coefficient (Wildman–Crippen LogP) is 3.71. The van der Waals surface area contributed by atoms with Crippen LogP contribution in [-0.2, 0) is 16.0 Å². The number of aryl methyl sites for hydroxylation is 1. The lowest BCUT2D eigenvalue weighted by molar-refractivity contribution is -0.123. The standard InChI is InChI=1S/C23H22N2O4S3/c26-21(14-31-11-8-16-4-2-1-3-5-16)24-9-10-25-22(27)20(32-23(25)30)13-17-6-7-18-19(12-17)29-15-28-18/h1-7,12-13H,8-11,14-15H2,(H,24,26)/b20-13+. The van der Waals surface area contributed by atoms with Crippen LogP contribution in [0.1, 0.15) is 11.1 Å². The fourth-order valence-corrected chi connectivity index (χ4v) is 5.33. The zero-order valence-corrected chi connectivity index (χ0v) is 19.7. The maximum atomic E-state index is 12.8. The third-order valence-electron chi connectivity index (χ3n) is 4.84. The molecule has 2 aliphatic rings. The highest BCUT2D eigenvalue weighted by Crippen LogP contribution is 2.36. The van der Waals surface area contributed by atoms with Crippen molar-refractivity contribution in [3.8, 4) is 11.5 Å². The highest BCUT2D eigenvalue weighted by atomic mass is 32.2. The van der Waals surface area contributed by atoms with Gasteiger partial charge in [0.1, 0.15) is 4.32 Å². The second-order valence-electron chi connectivity index (χ2n) is 7.08. The van der Waals surface area contributed by atoms with Crippen LogP contribution in [0.25, 0.3) is 6.08 Å². The smallest absolute Gasteiger partial charge is 0.266 e. The summed E-state index contributed by atoms with van der Waals surface area (Å²) in [4.78, 5) is 26.9. The van der Waals surface area contributed by atoms with Gasteiger partial charge in [0.15, 0.2) is 11.5 Å². The van der Waals surface area contributed by atoms with Crippen molar-refractivity contribution in [3.05, 3.63) is 64.6 Å². The molecule has 1 N–H and O–H groups in total. The Morgan fingerprint density at radius 1 is 1.19 bits per heavy atom. The van der Waals surface area contributed by atoms with E-state index < -0.39 is 0 Å². The number of thiocarbonyl (C=S) groups is 1. The molecule has 4 rings (SSSR count). The van der Waals surface area contributed by atoms with Gasteiger partial charge in [-0.3, -0.25) is 14.5 Å². The fourth-order valence-electron chi connectivity index (χ4n) is 3.20. The number of carbonyl (C=O) groups excluding carboxylic acids is 2. The third-order valence-corrected chi connectivity index (χ3v) is 7.17. The number of ether oxygens (including phenoxy) is 2. The van der Waals surface area contributed by atoms with E-state index in [-0.39, 0.29) is 18.6 Å². The van der Waals surface area contributed by atoms with E-state index in [9.17, 15) is 9.59 Å². The molecule has 32 heavy (non-hydrogen) atoms. The molecule has 2 aliphatic heterocycles. The second kappa shape index (κ2) is 10.9. The monoisotopic (exact) mass is 486 g/mol. The van der Waals surface area contributed by atoms with E-state index in [2.05, 4.69) is 17.4 Å². The first-order chi connectivity index (χ1) is 15.6. The van der Waals surface area contributed by atoms with Crippen molar-refractivity contribution in [3.63, 3.8) is 0 Å². The van der Waals surface area contributed by atoms with E-state index in [0.717, 1.165) is 17.7 Å². The molecule has 9 heteroatoms. The molecule has 1 fully saturated rings. The van der Waals surface area contributed by atoms with Gasteiger partial charge >= 0.3 is 0 Å². The van der Waals surface area contributed by atoms with Gasteiger partial charge in [0, 0.05) is 13.1 Å². The minimum absolute atomic E-state index is 0.0376. The van der Waals surface area contributed by atoms with Crippen LogP contribution in [0.2, 0.25) is 0 Å². The molecular formula is C23H22N2O4S3. The number of hydrogen-bond acceptors (Lipinski definition) is 7. The molecule has 2 heterocycles. The first kappa shape index (κ1) is 22.7. The lowest BCUT2D eigenvalue weighted by Gasteiger charge is -2.14. The number of nitrogens with zero attached hydrogens (tertiary/aromatic N) is 1. The Morgan fingerprint density at radius 2 is 2.00 bits per heavy atom. The molecule has 0 spiro atoms. The zero-order valence-electron chi connectivity index (χ0n) is 17.2. The third kappa shape index (κ3) is 5.85. The topological polar surface area (TPSA) is 67.9 Å². The van der Waals surface area contributed by atoms with Crippen molar-refractivity contribution >= 4 is 58.0 Å². The van der Waals surface area contributed by atoms with Crippen LogP contribution in [0.3, 0.4) is 0 Å². The van der Waals surface area contributed by atoms with Crippen LogP contribution >= 0.6 is 35.7 Å². The van der Waals surface area contributed by atoms with Gasteiger partial charge < -0.3 is 14.8 Å². The Morgan fingerprint density at radius 3 is 2.84 bits per heavy atom. The SMILES string of the molecule is O=C(CSCCc1ccccc1)NCCN1C(=O)/C(=C\c2ccc3c(c2)OCO3)SC1=S. The lowest BCUT2D eigenvalue weighted by atomic mass is 10.2. The molecule has 0 radical (unpaired) electrons.